The molecule has 1 atom stereocenters. The van der Waals surface area contributed by atoms with Crippen LogP contribution < -0.4 is 5.73 Å². The second-order valence-electron chi connectivity index (χ2n) is 5.17. The van der Waals surface area contributed by atoms with E-state index in [0.29, 0.717) is 6.42 Å². The van der Waals surface area contributed by atoms with Gasteiger partial charge in [0.1, 0.15) is 0 Å². The highest BCUT2D eigenvalue weighted by molar-refractivity contribution is 7.91. The van der Waals surface area contributed by atoms with E-state index in [2.05, 4.69) is 0 Å². The van der Waals surface area contributed by atoms with Gasteiger partial charge in [0.05, 0.1) is 17.6 Å². The predicted molar refractivity (Wildman–Crippen MR) is 77.8 cm³/mol. The zero-order valence-electron chi connectivity index (χ0n) is 11.5. The normalized spacial score (nSPS) is 15.4. The molecule has 0 saturated heterocycles. The number of rotatable bonds is 7. The molecular weight excluding hydrogens is 262 g/mol. The van der Waals surface area contributed by atoms with E-state index in [1.165, 1.54) is 0 Å². The molecule has 1 unspecified atom stereocenters. The minimum atomic E-state index is -3.13. The number of aliphatic hydroxyl groups excluding tert-OH is 1. The minimum Gasteiger partial charge on any atom is -0.395 e. The Kier molecular flexibility index (Phi) is 5.52. The number of benzene rings is 1. The molecule has 1 rings (SSSR count). The van der Waals surface area contributed by atoms with Crippen molar-refractivity contribution in [3.63, 3.8) is 0 Å². The third-order valence-electron chi connectivity index (χ3n) is 3.66. The molecule has 19 heavy (non-hydrogen) atoms. The molecule has 0 heterocycles. The summed E-state index contributed by atoms with van der Waals surface area (Å²) >= 11 is 0. The Morgan fingerprint density at radius 2 is 1.84 bits per heavy atom. The van der Waals surface area contributed by atoms with Crippen LogP contribution in [0.5, 0.6) is 0 Å². The van der Waals surface area contributed by atoms with Gasteiger partial charge < -0.3 is 10.8 Å². The first-order valence-corrected chi connectivity index (χ1v) is 8.17. The van der Waals surface area contributed by atoms with E-state index < -0.39 is 20.5 Å². The Morgan fingerprint density at radius 1 is 1.26 bits per heavy atom. The van der Waals surface area contributed by atoms with E-state index >= 15 is 0 Å². The fraction of sp³-hybridized carbons (Fsp3) is 0.571. The van der Waals surface area contributed by atoms with Crippen molar-refractivity contribution in [3.8, 4) is 0 Å². The Balaban J connectivity index is 2.97. The molecule has 0 aromatic heterocycles. The van der Waals surface area contributed by atoms with Gasteiger partial charge in [0.2, 0.25) is 0 Å². The second kappa shape index (κ2) is 6.50. The lowest BCUT2D eigenvalue weighted by atomic mass is 9.79. The first-order valence-electron chi connectivity index (χ1n) is 6.46. The lowest BCUT2D eigenvalue weighted by Crippen LogP contribution is -2.41. The van der Waals surface area contributed by atoms with E-state index in [-0.39, 0.29) is 18.9 Å². The lowest BCUT2D eigenvalue weighted by Gasteiger charge is -2.31. The molecule has 0 bridgehead atoms. The average Bonchev–Trinajstić information content (AvgIpc) is 2.41. The molecule has 5 heteroatoms. The minimum absolute atomic E-state index is 0.0390. The van der Waals surface area contributed by atoms with E-state index in [1.807, 2.05) is 30.3 Å². The molecule has 0 aliphatic rings. The summed E-state index contributed by atoms with van der Waals surface area (Å²) in [5, 5.41) is 9.29. The van der Waals surface area contributed by atoms with E-state index in [1.54, 1.807) is 13.8 Å². The van der Waals surface area contributed by atoms with Crippen LogP contribution in [0.3, 0.4) is 0 Å². The third-order valence-corrected chi connectivity index (χ3v) is 5.87. The monoisotopic (exact) mass is 285 g/mol. The quantitative estimate of drug-likeness (QED) is 0.786. The van der Waals surface area contributed by atoms with Crippen LogP contribution in [0.2, 0.25) is 0 Å². The van der Waals surface area contributed by atoms with Gasteiger partial charge in [-0.3, -0.25) is 0 Å². The van der Waals surface area contributed by atoms with Crippen LogP contribution in [-0.2, 0) is 15.3 Å². The fourth-order valence-corrected chi connectivity index (χ4v) is 3.11. The summed E-state index contributed by atoms with van der Waals surface area (Å²) in [6.07, 6.45) is 0.338. The average molecular weight is 285 g/mol. The molecule has 0 amide bonds. The van der Waals surface area contributed by atoms with Gasteiger partial charge in [0, 0.05) is 12.0 Å². The summed E-state index contributed by atoms with van der Waals surface area (Å²) in [5.74, 6) is 0.0390. The topological polar surface area (TPSA) is 80.4 Å². The van der Waals surface area contributed by atoms with Crippen LogP contribution >= 0.6 is 0 Å². The van der Waals surface area contributed by atoms with Crippen molar-refractivity contribution >= 4 is 9.84 Å². The summed E-state index contributed by atoms with van der Waals surface area (Å²) < 4.78 is 23.8. The van der Waals surface area contributed by atoms with Crippen molar-refractivity contribution in [2.75, 3.05) is 18.9 Å². The molecule has 1 aromatic carbocycles. The maximum Gasteiger partial charge on any atom is 0.152 e. The molecule has 1 aromatic rings. The highest BCUT2D eigenvalue weighted by atomic mass is 32.2. The standard InChI is InChI=1S/C14H23NO3S/c1-12(2)19(17,18)9-8-14(10-15,11-16)13-6-4-3-5-7-13/h3-7,12,16H,8-11,15H2,1-2H3. The second-order valence-corrected chi connectivity index (χ2v) is 7.85. The maximum absolute atomic E-state index is 11.9. The Bertz CT molecular complexity index is 479. The van der Waals surface area contributed by atoms with Crippen molar-refractivity contribution in [3.05, 3.63) is 35.9 Å². The first-order chi connectivity index (χ1) is 8.88. The van der Waals surface area contributed by atoms with Crippen LogP contribution in [0.25, 0.3) is 0 Å². The zero-order valence-corrected chi connectivity index (χ0v) is 12.4. The van der Waals surface area contributed by atoms with Crippen LogP contribution in [0.4, 0.5) is 0 Å². The SMILES string of the molecule is CC(C)S(=O)(=O)CCC(CN)(CO)c1ccccc1. The maximum atomic E-state index is 11.9. The van der Waals surface area contributed by atoms with Gasteiger partial charge in [-0.15, -0.1) is 0 Å². The fourth-order valence-electron chi connectivity index (χ4n) is 1.96. The van der Waals surface area contributed by atoms with Crippen molar-refractivity contribution in [2.24, 2.45) is 5.73 Å². The lowest BCUT2D eigenvalue weighted by molar-refractivity contribution is 0.193. The summed E-state index contributed by atoms with van der Waals surface area (Å²) in [6, 6.07) is 9.38. The van der Waals surface area contributed by atoms with E-state index in [0.717, 1.165) is 5.56 Å². The van der Waals surface area contributed by atoms with E-state index in [4.69, 9.17) is 5.73 Å². The van der Waals surface area contributed by atoms with Crippen molar-refractivity contribution in [2.45, 2.75) is 30.9 Å². The number of sulfone groups is 1. The van der Waals surface area contributed by atoms with Crippen LogP contribution in [0.1, 0.15) is 25.8 Å². The summed E-state index contributed by atoms with van der Waals surface area (Å²) in [6.45, 7) is 3.41. The molecule has 0 radical (unpaired) electrons. The molecule has 0 spiro atoms. The number of aliphatic hydroxyl groups is 1. The summed E-state index contributed by atoms with van der Waals surface area (Å²) in [7, 11) is -3.13. The molecular formula is C14H23NO3S. The summed E-state index contributed by atoms with van der Waals surface area (Å²) in [4.78, 5) is 0. The van der Waals surface area contributed by atoms with Crippen LogP contribution in [0, 0.1) is 0 Å². The predicted octanol–water partition coefficient (Wildman–Crippen LogP) is 1.09. The van der Waals surface area contributed by atoms with Crippen LogP contribution in [0.15, 0.2) is 30.3 Å². The van der Waals surface area contributed by atoms with Crippen molar-refractivity contribution in [1.82, 2.24) is 0 Å². The molecule has 0 fully saturated rings. The highest BCUT2D eigenvalue weighted by Gasteiger charge is 2.32. The van der Waals surface area contributed by atoms with Gasteiger partial charge in [-0.05, 0) is 25.8 Å². The number of hydrogen-bond donors (Lipinski definition) is 2. The zero-order chi connectivity index (χ0) is 14.5. The summed E-state index contributed by atoms with van der Waals surface area (Å²) in [5.41, 5.74) is 6.01. The largest absolute Gasteiger partial charge is 0.395 e. The molecule has 0 aliphatic carbocycles. The van der Waals surface area contributed by atoms with Gasteiger partial charge in [-0.25, -0.2) is 8.42 Å². The van der Waals surface area contributed by atoms with Crippen molar-refractivity contribution < 1.29 is 13.5 Å². The van der Waals surface area contributed by atoms with Gasteiger partial charge in [0.15, 0.2) is 9.84 Å². The third kappa shape index (κ3) is 3.78. The Morgan fingerprint density at radius 3 is 2.26 bits per heavy atom. The van der Waals surface area contributed by atoms with Crippen LogP contribution in [-0.4, -0.2) is 37.7 Å². The smallest absolute Gasteiger partial charge is 0.152 e. The van der Waals surface area contributed by atoms with Gasteiger partial charge >= 0.3 is 0 Å². The van der Waals surface area contributed by atoms with Gasteiger partial charge in [-0.1, -0.05) is 30.3 Å². The molecule has 4 nitrogen and oxygen atoms in total. The molecule has 0 saturated carbocycles. The highest BCUT2D eigenvalue weighted by Crippen LogP contribution is 2.27. The Hall–Kier alpha value is -0.910. The Labute approximate surface area is 115 Å². The van der Waals surface area contributed by atoms with E-state index in [9.17, 15) is 13.5 Å². The molecule has 3 N–H and O–H groups in total. The molecule has 0 aliphatic heterocycles. The van der Waals surface area contributed by atoms with Gasteiger partial charge in [0.25, 0.3) is 0 Å². The van der Waals surface area contributed by atoms with Gasteiger partial charge in [-0.2, -0.15) is 0 Å². The molecule has 108 valence electrons. The van der Waals surface area contributed by atoms with Crippen molar-refractivity contribution in [1.29, 1.82) is 0 Å². The number of hydrogen-bond acceptors (Lipinski definition) is 4. The number of nitrogens with two attached hydrogens (primary N) is 1. The first kappa shape index (κ1) is 16.1.